The van der Waals surface area contributed by atoms with E-state index in [0.29, 0.717) is 12.2 Å². The number of thiazole rings is 1. The van der Waals surface area contributed by atoms with Crippen LogP contribution < -0.4 is 5.32 Å². The molecular weight excluding hydrogens is 447 g/mol. The van der Waals surface area contributed by atoms with E-state index < -0.39 is 0 Å². The van der Waals surface area contributed by atoms with E-state index in [4.69, 9.17) is 4.98 Å². The second-order valence-corrected chi connectivity index (χ2v) is 10.8. The molecule has 0 radical (unpaired) electrons. The van der Waals surface area contributed by atoms with Crippen molar-refractivity contribution in [1.82, 2.24) is 4.98 Å². The van der Waals surface area contributed by atoms with E-state index in [1.54, 1.807) is 46.6 Å². The second kappa shape index (κ2) is 9.10. The molecule has 0 aliphatic heterocycles. The van der Waals surface area contributed by atoms with Gasteiger partial charge in [-0.15, -0.1) is 34.4 Å². The Bertz CT molecular complexity index is 1200. The highest BCUT2D eigenvalue weighted by Gasteiger charge is 2.25. The first-order chi connectivity index (χ1) is 15.2. The van der Waals surface area contributed by atoms with E-state index in [-0.39, 0.29) is 11.7 Å². The molecule has 2 heterocycles. The van der Waals surface area contributed by atoms with E-state index in [2.05, 4.69) is 11.4 Å². The average molecular weight is 469 g/mol. The summed E-state index contributed by atoms with van der Waals surface area (Å²) in [5, 5.41) is 5.11. The minimum Gasteiger partial charge on any atom is -0.317 e. The third-order valence-corrected chi connectivity index (χ3v) is 8.62. The molecule has 2 aromatic carbocycles. The van der Waals surface area contributed by atoms with Gasteiger partial charge in [0.25, 0.3) is 0 Å². The average Bonchev–Trinajstić information content (AvgIpc) is 3.35. The molecule has 0 bridgehead atoms. The maximum Gasteiger partial charge on any atom is 0.225 e. The Morgan fingerprint density at radius 3 is 2.71 bits per heavy atom. The van der Waals surface area contributed by atoms with Gasteiger partial charge in [-0.05, 0) is 67.6 Å². The zero-order valence-electron chi connectivity index (χ0n) is 16.8. The molecule has 0 fully saturated rings. The lowest BCUT2D eigenvalue weighted by atomic mass is 9.96. The zero-order valence-corrected chi connectivity index (χ0v) is 19.3. The number of carbonyl (C=O) groups is 1. The Labute approximate surface area is 192 Å². The molecule has 158 valence electrons. The first-order valence-electron chi connectivity index (χ1n) is 10.4. The highest BCUT2D eigenvalue weighted by atomic mass is 32.2. The number of amides is 1. The van der Waals surface area contributed by atoms with Crippen LogP contribution in [0.15, 0.2) is 53.4 Å². The number of nitrogens with one attached hydrogen (secondary N) is 1. The Kier molecular flexibility index (Phi) is 6.07. The molecule has 0 unspecified atom stereocenters. The third kappa shape index (κ3) is 4.54. The van der Waals surface area contributed by atoms with Gasteiger partial charge in [-0.3, -0.25) is 4.79 Å². The molecule has 5 rings (SSSR count). The molecule has 1 aliphatic carbocycles. The maximum atomic E-state index is 13.0. The van der Waals surface area contributed by atoms with Gasteiger partial charge in [0, 0.05) is 27.5 Å². The van der Waals surface area contributed by atoms with Crippen LogP contribution in [0.4, 0.5) is 9.39 Å². The lowest BCUT2D eigenvalue weighted by Gasteiger charge is -2.11. The van der Waals surface area contributed by atoms with E-state index in [1.165, 1.54) is 40.1 Å². The third-order valence-electron chi connectivity index (χ3n) is 5.34. The van der Waals surface area contributed by atoms with Crippen molar-refractivity contribution < 1.29 is 9.18 Å². The molecule has 1 N–H and O–H groups in total. The molecule has 0 atom stereocenters. The van der Waals surface area contributed by atoms with Gasteiger partial charge in [-0.2, -0.15) is 0 Å². The molecule has 0 saturated heterocycles. The fraction of sp³-hybridized carbons (Fsp3) is 0.250. The van der Waals surface area contributed by atoms with E-state index >= 15 is 0 Å². The number of anilines is 1. The number of aryl methyl sites for hydroxylation is 1. The summed E-state index contributed by atoms with van der Waals surface area (Å²) < 4.78 is 14.2. The number of rotatable bonds is 6. The number of hydrogen-bond acceptors (Lipinski definition) is 5. The SMILES string of the molecule is O=C(CCSc1ccc(F)cc1)Nc1sc2c(c1-c1nc3ccccc3s1)CCCC2. The first-order valence-corrected chi connectivity index (χ1v) is 13.0. The number of fused-ring (bicyclic) bond motifs is 2. The summed E-state index contributed by atoms with van der Waals surface area (Å²) in [6.07, 6.45) is 4.92. The molecule has 1 aliphatic rings. The standard InChI is InChI=1S/C24H21FN2OS3/c25-15-9-11-16(12-10-15)29-14-13-21(28)27-24-22(17-5-1-3-7-19(17)30-24)23-26-18-6-2-4-8-20(18)31-23/h2,4,6,8-12H,1,3,5,7,13-14H2,(H,27,28). The van der Waals surface area contributed by atoms with Crippen molar-refractivity contribution in [2.24, 2.45) is 0 Å². The predicted molar refractivity (Wildman–Crippen MR) is 130 cm³/mol. The number of benzene rings is 2. The molecule has 0 spiro atoms. The van der Waals surface area contributed by atoms with Gasteiger partial charge in [0.15, 0.2) is 0 Å². The molecule has 3 nitrogen and oxygen atoms in total. The fourth-order valence-electron chi connectivity index (χ4n) is 3.84. The number of nitrogens with zero attached hydrogens (tertiary/aromatic N) is 1. The van der Waals surface area contributed by atoms with Crippen molar-refractivity contribution in [3.8, 4) is 10.6 Å². The summed E-state index contributed by atoms with van der Waals surface area (Å²) in [5.74, 6) is 0.417. The Balaban J connectivity index is 1.35. The van der Waals surface area contributed by atoms with Crippen LogP contribution >= 0.6 is 34.4 Å². The number of thiophene rings is 1. The second-order valence-electron chi connectivity index (χ2n) is 7.50. The fourth-order valence-corrected chi connectivity index (χ4v) is 7.11. The molecular formula is C24H21FN2OS3. The van der Waals surface area contributed by atoms with E-state index in [9.17, 15) is 9.18 Å². The summed E-state index contributed by atoms with van der Waals surface area (Å²) in [5.41, 5.74) is 3.50. The highest BCUT2D eigenvalue weighted by Crippen LogP contribution is 2.46. The minimum absolute atomic E-state index is 0.00979. The maximum absolute atomic E-state index is 13.0. The van der Waals surface area contributed by atoms with Crippen LogP contribution in [0.5, 0.6) is 0 Å². The van der Waals surface area contributed by atoms with E-state index in [0.717, 1.165) is 38.8 Å². The summed E-state index contributed by atoms with van der Waals surface area (Å²) in [4.78, 5) is 20.0. The van der Waals surface area contributed by atoms with Crippen LogP contribution in [-0.4, -0.2) is 16.6 Å². The van der Waals surface area contributed by atoms with E-state index in [1.807, 2.05) is 18.2 Å². The van der Waals surface area contributed by atoms with Crippen molar-refractivity contribution in [3.05, 3.63) is 64.8 Å². The van der Waals surface area contributed by atoms with Crippen LogP contribution in [0.1, 0.15) is 29.7 Å². The summed E-state index contributed by atoms with van der Waals surface area (Å²) >= 11 is 4.97. The van der Waals surface area contributed by atoms with Gasteiger partial charge in [-0.25, -0.2) is 9.37 Å². The van der Waals surface area contributed by atoms with Crippen LogP contribution in [0, 0.1) is 5.82 Å². The number of aromatic nitrogens is 1. The van der Waals surface area contributed by atoms with Crippen LogP contribution in [0.3, 0.4) is 0 Å². The lowest BCUT2D eigenvalue weighted by molar-refractivity contribution is -0.115. The highest BCUT2D eigenvalue weighted by molar-refractivity contribution is 7.99. The first kappa shape index (κ1) is 20.7. The summed E-state index contributed by atoms with van der Waals surface area (Å²) in [7, 11) is 0. The van der Waals surface area contributed by atoms with Gasteiger partial charge in [-0.1, -0.05) is 12.1 Å². The molecule has 2 aromatic heterocycles. The smallest absolute Gasteiger partial charge is 0.225 e. The Hall–Kier alpha value is -2.22. The van der Waals surface area contributed by atoms with Gasteiger partial charge in [0.2, 0.25) is 5.91 Å². The molecule has 1 amide bonds. The molecule has 4 aromatic rings. The number of carbonyl (C=O) groups excluding carboxylic acids is 1. The number of para-hydroxylation sites is 1. The monoisotopic (exact) mass is 468 g/mol. The molecule has 0 saturated carbocycles. The quantitative estimate of drug-likeness (QED) is 0.305. The van der Waals surface area contributed by atoms with Gasteiger partial charge >= 0.3 is 0 Å². The number of hydrogen-bond donors (Lipinski definition) is 1. The van der Waals surface area contributed by atoms with Crippen LogP contribution in [-0.2, 0) is 17.6 Å². The number of halogens is 1. The van der Waals surface area contributed by atoms with Crippen molar-refractivity contribution in [3.63, 3.8) is 0 Å². The van der Waals surface area contributed by atoms with Crippen molar-refractivity contribution >= 4 is 55.6 Å². The van der Waals surface area contributed by atoms with Crippen LogP contribution in [0.25, 0.3) is 20.8 Å². The van der Waals surface area contributed by atoms with Gasteiger partial charge in [0.05, 0.1) is 10.2 Å². The van der Waals surface area contributed by atoms with Gasteiger partial charge in [0.1, 0.15) is 15.8 Å². The minimum atomic E-state index is -0.244. The lowest BCUT2D eigenvalue weighted by Crippen LogP contribution is -2.12. The number of thioether (sulfide) groups is 1. The van der Waals surface area contributed by atoms with Crippen molar-refractivity contribution in [2.45, 2.75) is 37.0 Å². The Morgan fingerprint density at radius 1 is 1.06 bits per heavy atom. The zero-order chi connectivity index (χ0) is 21.2. The van der Waals surface area contributed by atoms with Crippen molar-refractivity contribution in [1.29, 1.82) is 0 Å². The molecule has 31 heavy (non-hydrogen) atoms. The van der Waals surface area contributed by atoms with Crippen LogP contribution in [0.2, 0.25) is 0 Å². The van der Waals surface area contributed by atoms with Gasteiger partial charge < -0.3 is 5.32 Å². The Morgan fingerprint density at radius 2 is 1.87 bits per heavy atom. The predicted octanol–water partition coefficient (Wildman–Crippen LogP) is 7.16. The normalized spacial score (nSPS) is 13.3. The largest absolute Gasteiger partial charge is 0.317 e. The summed E-state index contributed by atoms with van der Waals surface area (Å²) in [6, 6.07) is 14.6. The van der Waals surface area contributed by atoms with Crippen molar-refractivity contribution in [2.75, 3.05) is 11.1 Å². The summed E-state index contributed by atoms with van der Waals surface area (Å²) in [6.45, 7) is 0. The molecule has 7 heteroatoms. The topological polar surface area (TPSA) is 42.0 Å².